The third kappa shape index (κ3) is 2.62. The predicted octanol–water partition coefficient (Wildman–Crippen LogP) is 4.36. The van der Waals surface area contributed by atoms with Gasteiger partial charge in [-0.3, -0.25) is 4.79 Å². The van der Waals surface area contributed by atoms with Gasteiger partial charge in [0, 0.05) is 6.42 Å². The van der Waals surface area contributed by atoms with Crippen molar-refractivity contribution in [3.8, 4) is 0 Å². The molecule has 0 heterocycles. The van der Waals surface area contributed by atoms with Crippen LogP contribution in [0.4, 0.5) is 0 Å². The van der Waals surface area contributed by atoms with E-state index in [2.05, 4.69) is 32.1 Å². The van der Waals surface area contributed by atoms with E-state index in [9.17, 15) is 9.90 Å². The highest BCUT2D eigenvalue weighted by atomic mass is 16.3. The first-order chi connectivity index (χ1) is 10.4. The molecule has 3 rings (SSSR count). The molecular formula is C20H28O2. The van der Waals surface area contributed by atoms with Crippen molar-refractivity contribution in [2.75, 3.05) is 0 Å². The molecule has 1 saturated carbocycles. The smallest absolute Gasteiger partial charge is 0.161 e. The number of Topliss-reactive ketones (excluding diaryl/α,β-unsaturated/α-hetero) is 1. The Morgan fingerprint density at radius 1 is 1.27 bits per heavy atom. The van der Waals surface area contributed by atoms with Crippen LogP contribution in [0.15, 0.2) is 34.9 Å². The Bertz CT molecular complexity index is 566. The molecule has 120 valence electrons. The van der Waals surface area contributed by atoms with Gasteiger partial charge in [0.25, 0.3) is 0 Å². The highest BCUT2D eigenvalue weighted by Crippen LogP contribution is 2.55. The molecule has 22 heavy (non-hydrogen) atoms. The number of aliphatic hydroxyl groups excluding tert-OH is 1. The summed E-state index contributed by atoms with van der Waals surface area (Å²) in [6.07, 6.45) is 12.2. The van der Waals surface area contributed by atoms with E-state index in [-0.39, 0.29) is 12.2 Å². The van der Waals surface area contributed by atoms with Crippen LogP contribution in [0.5, 0.6) is 0 Å². The maximum absolute atomic E-state index is 11.9. The van der Waals surface area contributed by atoms with Crippen molar-refractivity contribution in [3.05, 3.63) is 34.9 Å². The molecule has 0 saturated heterocycles. The molecule has 3 aliphatic rings. The minimum absolute atomic E-state index is 0.0929. The van der Waals surface area contributed by atoms with Crippen molar-refractivity contribution >= 4 is 5.78 Å². The van der Waals surface area contributed by atoms with Crippen molar-refractivity contribution in [1.29, 1.82) is 0 Å². The lowest BCUT2D eigenvalue weighted by molar-refractivity contribution is -0.117. The van der Waals surface area contributed by atoms with Crippen LogP contribution in [-0.2, 0) is 4.79 Å². The highest BCUT2D eigenvalue weighted by Gasteiger charge is 2.46. The first-order valence-corrected chi connectivity index (χ1v) is 8.71. The zero-order chi connectivity index (χ0) is 15.9. The molecule has 0 amide bonds. The number of rotatable bonds is 2. The topological polar surface area (TPSA) is 37.3 Å². The zero-order valence-electron chi connectivity index (χ0n) is 14.1. The van der Waals surface area contributed by atoms with Crippen LogP contribution in [0.25, 0.3) is 0 Å². The van der Waals surface area contributed by atoms with Gasteiger partial charge in [-0.25, -0.2) is 0 Å². The average molecular weight is 300 g/mol. The van der Waals surface area contributed by atoms with Gasteiger partial charge < -0.3 is 5.11 Å². The molecular weight excluding hydrogens is 272 g/mol. The summed E-state index contributed by atoms with van der Waals surface area (Å²) in [7, 11) is 0. The summed E-state index contributed by atoms with van der Waals surface area (Å²) in [5.74, 6) is 1.56. The third-order valence-corrected chi connectivity index (χ3v) is 6.53. The number of aliphatic hydroxyl groups is 1. The van der Waals surface area contributed by atoms with E-state index in [0.29, 0.717) is 17.8 Å². The molecule has 2 nitrogen and oxygen atoms in total. The van der Waals surface area contributed by atoms with Crippen molar-refractivity contribution in [1.82, 2.24) is 0 Å². The van der Waals surface area contributed by atoms with Crippen LogP contribution < -0.4 is 0 Å². The summed E-state index contributed by atoms with van der Waals surface area (Å²) in [6.45, 7) is 6.75. The van der Waals surface area contributed by atoms with Gasteiger partial charge in [-0.1, -0.05) is 32.1 Å². The SMILES string of the molecule is CC1=C(/C=C\C2=CCC[C@@]3(C)C2CC[C@@H]3C)CC(O)CC1=O. The number of ketones is 1. The Balaban J connectivity index is 1.82. The highest BCUT2D eigenvalue weighted by molar-refractivity contribution is 5.97. The molecule has 0 aromatic heterocycles. The predicted molar refractivity (Wildman–Crippen MR) is 89.4 cm³/mol. The number of hydrogen-bond acceptors (Lipinski definition) is 2. The van der Waals surface area contributed by atoms with Crippen LogP contribution >= 0.6 is 0 Å². The Morgan fingerprint density at radius 2 is 2.05 bits per heavy atom. The van der Waals surface area contributed by atoms with Gasteiger partial charge in [-0.15, -0.1) is 0 Å². The van der Waals surface area contributed by atoms with Crippen molar-refractivity contribution < 1.29 is 9.90 Å². The molecule has 3 aliphatic carbocycles. The minimum atomic E-state index is -0.507. The Labute approximate surface area is 134 Å². The number of allylic oxidation sites excluding steroid dienone is 5. The second-order valence-corrected chi connectivity index (χ2v) is 7.75. The number of hydrogen-bond donors (Lipinski definition) is 1. The standard InChI is InChI=1S/C20H28O2/c1-13-6-9-18-15(5-4-10-20(13,18)3)7-8-16-11-17(21)12-19(22)14(16)2/h5,7-8,13,17-18,21H,4,6,9-12H2,1-3H3/b8-7-/t13-,17?,18?,20+/m0/s1. The van der Waals surface area contributed by atoms with E-state index in [1.807, 2.05) is 6.92 Å². The summed E-state index contributed by atoms with van der Waals surface area (Å²) in [5.41, 5.74) is 3.74. The van der Waals surface area contributed by atoms with E-state index < -0.39 is 6.10 Å². The van der Waals surface area contributed by atoms with Gasteiger partial charge in [0.1, 0.15) is 0 Å². The largest absolute Gasteiger partial charge is 0.392 e. The van der Waals surface area contributed by atoms with Crippen molar-refractivity contribution in [3.63, 3.8) is 0 Å². The molecule has 0 aromatic carbocycles. The van der Waals surface area contributed by atoms with Gasteiger partial charge in [0.15, 0.2) is 5.78 Å². The molecule has 0 bridgehead atoms. The minimum Gasteiger partial charge on any atom is -0.392 e. The summed E-state index contributed by atoms with van der Waals surface area (Å²) in [5, 5.41) is 9.83. The monoisotopic (exact) mass is 300 g/mol. The Morgan fingerprint density at radius 3 is 2.82 bits per heavy atom. The van der Waals surface area contributed by atoms with Gasteiger partial charge in [-0.05, 0) is 73.0 Å². The van der Waals surface area contributed by atoms with Gasteiger partial charge in [-0.2, -0.15) is 0 Å². The summed E-state index contributed by atoms with van der Waals surface area (Å²) in [6, 6.07) is 0. The van der Waals surface area contributed by atoms with E-state index in [1.165, 1.54) is 24.8 Å². The van der Waals surface area contributed by atoms with Crippen LogP contribution in [0.1, 0.15) is 59.3 Å². The quantitative estimate of drug-likeness (QED) is 0.823. The lowest BCUT2D eigenvalue weighted by atomic mass is 9.65. The molecule has 0 spiro atoms. The summed E-state index contributed by atoms with van der Waals surface area (Å²) < 4.78 is 0. The fraction of sp³-hybridized carbons (Fsp3) is 0.650. The first kappa shape index (κ1) is 15.7. The third-order valence-electron chi connectivity index (χ3n) is 6.53. The van der Waals surface area contributed by atoms with Crippen molar-refractivity contribution in [2.45, 2.75) is 65.4 Å². The number of carbonyl (C=O) groups excluding carboxylic acids is 1. The lowest BCUT2D eigenvalue weighted by Crippen LogP contribution is -2.30. The Hall–Kier alpha value is -1.15. The summed E-state index contributed by atoms with van der Waals surface area (Å²) in [4.78, 5) is 11.9. The molecule has 0 aliphatic heterocycles. The second-order valence-electron chi connectivity index (χ2n) is 7.75. The second kappa shape index (κ2) is 5.81. The maximum atomic E-state index is 11.9. The molecule has 4 atom stereocenters. The molecule has 1 N–H and O–H groups in total. The van der Waals surface area contributed by atoms with Gasteiger partial charge in [0.2, 0.25) is 0 Å². The van der Waals surface area contributed by atoms with Crippen LogP contribution in [-0.4, -0.2) is 17.0 Å². The fourth-order valence-corrected chi connectivity index (χ4v) is 4.68. The number of fused-ring (bicyclic) bond motifs is 1. The first-order valence-electron chi connectivity index (χ1n) is 8.71. The normalized spacial score (nSPS) is 39.4. The van der Waals surface area contributed by atoms with Crippen LogP contribution in [0, 0.1) is 17.3 Å². The van der Waals surface area contributed by atoms with Crippen molar-refractivity contribution in [2.24, 2.45) is 17.3 Å². The molecule has 0 radical (unpaired) electrons. The summed E-state index contributed by atoms with van der Waals surface area (Å²) >= 11 is 0. The molecule has 2 heteroatoms. The fourth-order valence-electron chi connectivity index (χ4n) is 4.68. The van der Waals surface area contributed by atoms with E-state index in [4.69, 9.17) is 0 Å². The van der Waals surface area contributed by atoms with E-state index in [1.54, 1.807) is 0 Å². The van der Waals surface area contributed by atoms with Crippen LogP contribution in [0.3, 0.4) is 0 Å². The van der Waals surface area contributed by atoms with Crippen LogP contribution in [0.2, 0.25) is 0 Å². The van der Waals surface area contributed by atoms with E-state index in [0.717, 1.165) is 23.5 Å². The van der Waals surface area contributed by atoms with Gasteiger partial charge >= 0.3 is 0 Å². The molecule has 2 unspecified atom stereocenters. The molecule has 1 fully saturated rings. The Kier molecular flexibility index (Phi) is 4.15. The number of carbonyl (C=O) groups is 1. The average Bonchev–Trinajstić information content (AvgIpc) is 2.77. The van der Waals surface area contributed by atoms with Gasteiger partial charge in [0.05, 0.1) is 6.10 Å². The zero-order valence-corrected chi connectivity index (χ0v) is 14.1. The van der Waals surface area contributed by atoms with E-state index >= 15 is 0 Å². The lowest BCUT2D eigenvalue weighted by Gasteiger charge is -2.39. The molecule has 0 aromatic rings. The maximum Gasteiger partial charge on any atom is 0.161 e.